The molecule has 1 N–H and O–H groups in total. The zero-order valence-corrected chi connectivity index (χ0v) is 14.1. The number of carbonyl (C=O) groups excluding carboxylic acids is 2. The van der Waals surface area contributed by atoms with Crippen molar-refractivity contribution in [3.05, 3.63) is 58.9 Å². The number of nitrogens with one attached hydrogen (secondary N) is 1. The molecular formula is C18H20N2O4. The molecule has 2 rings (SSSR count). The van der Waals surface area contributed by atoms with Crippen LogP contribution in [0, 0.1) is 6.92 Å². The lowest BCUT2D eigenvalue weighted by molar-refractivity contribution is 0.0599. The van der Waals surface area contributed by atoms with Crippen molar-refractivity contribution in [1.82, 2.24) is 10.3 Å². The highest BCUT2D eigenvalue weighted by atomic mass is 16.5. The van der Waals surface area contributed by atoms with Gasteiger partial charge in [-0.05, 0) is 32.0 Å². The second-order valence-electron chi connectivity index (χ2n) is 5.36. The maximum absolute atomic E-state index is 12.3. The van der Waals surface area contributed by atoms with Crippen LogP contribution in [0.25, 0.3) is 0 Å². The molecule has 0 radical (unpaired) electrons. The topological polar surface area (TPSA) is 77.5 Å². The van der Waals surface area contributed by atoms with Crippen molar-refractivity contribution in [3.63, 3.8) is 0 Å². The summed E-state index contributed by atoms with van der Waals surface area (Å²) in [7, 11) is 2.88. The summed E-state index contributed by atoms with van der Waals surface area (Å²) in [6, 6.07) is 8.53. The van der Waals surface area contributed by atoms with Gasteiger partial charge in [-0.15, -0.1) is 0 Å². The predicted octanol–water partition coefficient (Wildman–Crippen LogP) is 2.68. The summed E-state index contributed by atoms with van der Waals surface area (Å²) in [5.41, 5.74) is 2.48. The van der Waals surface area contributed by atoms with Crippen molar-refractivity contribution in [2.45, 2.75) is 19.9 Å². The molecule has 126 valence electrons. The molecule has 0 aliphatic rings. The molecule has 0 saturated carbocycles. The van der Waals surface area contributed by atoms with E-state index in [0.29, 0.717) is 11.3 Å². The van der Waals surface area contributed by atoms with Gasteiger partial charge in [0, 0.05) is 11.8 Å². The Kier molecular flexibility index (Phi) is 5.52. The third kappa shape index (κ3) is 3.90. The minimum atomic E-state index is -0.493. The van der Waals surface area contributed by atoms with E-state index < -0.39 is 5.97 Å². The SMILES string of the molecule is COC(=O)c1ccc(C(=O)NC(C)c2cc(C)ccc2OC)nc1. The van der Waals surface area contributed by atoms with Crippen molar-refractivity contribution in [1.29, 1.82) is 0 Å². The van der Waals surface area contributed by atoms with Crippen molar-refractivity contribution in [3.8, 4) is 5.75 Å². The smallest absolute Gasteiger partial charge is 0.339 e. The van der Waals surface area contributed by atoms with E-state index >= 15 is 0 Å². The van der Waals surface area contributed by atoms with Crippen LogP contribution in [0.3, 0.4) is 0 Å². The fraction of sp³-hybridized carbons (Fsp3) is 0.278. The number of methoxy groups -OCH3 is 2. The van der Waals surface area contributed by atoms with Crippen LogP contribution in [-0.4, -0.2) is 31.1 Å². The number of carbonyl (C=O) groups is 2. The van der Waals surface area contributed by atoms with Gasteiger partial charge in [0.25, 0.3) is 5.91 Å². The molecule has 1 aromatic heterocycles. The Labute approximate surface area is 140 Å². The van der Waals surface area contributed by atoms with Gasteiger partial charge in [-0.2, -0.15) is 0 Å². The summed E-state index contributed by atoms with van der Waals surface area (Å²) in [5.74, 6) is -0.114. The first-order valence-corrected chi connectivity index (χ1v) is 7.46. The van der Waals surface area contributed by atoms with Gasteiger partial charge in [-0.25, -0.2) is 4.79 Å². The molecule has 0 saturated heterocycles. The van der Waals surface area contributed by atoms with E-state index in [1.54, 1.807) is 7.11 Å². The van der Waals surface area contributed by atoms with E-state index in [-0.39, 0.29) is 17.6 Å². The molecule has 0 aliphatic carbocycles. The first kappa shape index (κ1) is 17.5. The number of benzene rings is 1. The van der Waals surface area contributed by atoms with E-state index in [2.05, 4.69) is 15.0 Å². The van der Waals surface area contributed by atoms with Gasteiger partial charge in [0.1, 0.15) is 11.4 Å². The monoisotopic (exact) mass is 328 g/mol. The van der Waals surface area contributed by atoms with E-state index in [9.17, 15) is 9.59 Å². The zero-order chi connectivity index (χ0) is 17.7. The molecule has 1 unspecified atom stereocenters. The number of rotatable bonds is 5. The summed E-state index contributed by atoms with van der Waals surface area (Å²) < 4.78 is 9.95. The van der Waals surface area contributed by atoms with Gasteiger partial charge >= 0.3 is 5.97 Å². The largest absolute Gasteiger partial charge is 0.496 e. The van der Waals surface area contributed by atoms with Crippen molar-refractivity contribution in [2.24, 2.45) is 0 Å². The highest BCUT2D eigenvalue weighted by Crippen LogP contribution is 2.26. The molecule has 1 amide bonds. The molecule has 2 aromatic rings. The number of esters is 1. The fourth-order valence-corrected chi connectivity index (χ4v) is 2.31. The number of hydrogen-bond acceptors (Lipinski definition) is 5. The molecule has 0 spiro atoms. The Morgan fingerprint density at radius 1 is 1.17 bits per heavy atom. The minimum Gasteiger partial charge on any atom is -0.496 e. The summed E-state index contributed by atoms with van der Waals surface area (Å²) in [6.07, 6.45) is 1.32. The lowest BCUT2D eigenvalue weighted by Gasteiger charge is -2.18. The Morgan fingerprint density at radius 3 is 2.50 bits per heavy atom. The van der Waals surface area contributed by atoms with Gasteiger partial charge in [-0.3, -0.25) is 9.78 Å². The predicted molar refractivity (Wildman–Crippen MR) is 89.2 cm³/mol. The number of aryl methyl sites for hydroxylation is 1. The lowest BCUT2D eigenvalue weighted by atomic mass is 10.0. The number of aromatic nitrogens is 1. The molecule has 1 heterocycles. The van der Waals surface area contributed by atoms with Crippen LogP contribution in [0.4, 0.5) is 0 Å². The molecule has 0 fully saturated rings. The van der Waals surface area contributed by atoms with Crippen LogP contribution in [0.15, 0.2) is 36.5 Å². The van der Waals surface area contributed by atoms with Crippen molar-refractivity contribution < 1.29 is 19.1 Å². The van der Waals surface area contributed by atoms with Crippen LogP contribution >= 0.6 is 0 Å². The maximum Gasteiger partial charge on any atom is 0.339 e. The quantitative estimate of drug-likeness (QED) is 0.854. The van der Waals surface area contributed by atoms with Gasteiger partial charge < -0.3 is 14.8 Å². The van der Waals surface area contributed by atoms with Gasteiger partial charge in [0.05, 0.1) is 25.8 Å². The number of nitrogens with zero attached hydrogens (tertiary/aromatic N) is 1. The van der Waals surface area contributed by atoms with Crippen LogP contribution < -0.4 is 10.1 Å². The third-order valence-electron chi connectivity index (χ3n) is 3.62. The third-order valence-corrected chi connectivity index (χ3v) is 3.62. The standard InChI is InChI=1S/C18H20N2O4/c1-11-5-8-16(23-3)14(9-11)12(2)20-17(21)15-7-6-13(10-19-15)18(22)24-4/h5-10,12H,1-4H3,(H,20,21). The highest BCUT2D eigenvalue weighted by molar-refractivity contribution is 5.94. The first-order chi connectivity index (χ1) is 11.5. The second kappa shape index (κ2) is 7.59. The summed E-state index contributed by atoms with van der Waals surface area (Å²) in [4.78, 5) is 27.7. The average Bonchev–Trinajstić information content (AvgIpc) is 2.61. The van der Waals surface area contributed by atoms with E-state index in [4.69, 9.17) is 4.74 Å². The summed E-state index contributed by atoms with van der Waals surface area (Å²) >= 11 is 0. The maximum atomic E-state index is 12.3. The van der Waals surface area contributed by atoms with Crippen LogP contribution in [0.1, 0.15) is 44.9 Å². The molecule has 0 bridgehead atoms. The average molecular weight is 328 g/mol. The molecule has 6 nitrogen and oxygen atoms in total. The molecule has 0 aliphatic heterocycles. The Balaban J connectivity index is 2.14. The van der Waals surface area contributed by atoms with Gasteiger partial charge in [0.2, 0.25) is 0 Å². The number of amides is 1. The zero-order valence-electron chi connectivity index (χ0n) is 14.1. The number of ether oxygens (including phenoxy) is 2. The van der Waals surface area contributed by atoms with E-state index in [0.717, 1.165) is 11.1 Å². The van der Waals surface area contributed by atoms with Crippen LogP contribution in [-0.2, 0) is 4.74 Å². The van der Waals surface area contributed by atoms with E-state index in [1.165, 1.54) is 25.4 Å². The highest BCUT2D eigenvalue weighted by Gasteiger charge is 2.17. The number of pyridine rings is 1. The minimum absolute atomic E-state index is 0.223. The molecule has 24 heavy (non-hydrogen) atoms. The van der Waals surface area contributed by atoms with Crippen molar-refractivity contribution >= 4 is 11.9 Å². The number of hydrogen-bond donors (Lipinski definition) is 1. The van der Waals surface area contributed by atoms with Gasteiger partial charge in [0.15, 0.2) is 0 Å². The summed E-state index contributed by atoms with van der Waals surface area (Å²) in [5, 5.41) is 2.88. The normalized spacial score (nSPS) is 11.5. The lowest BCUT2D eigenvalue weighted by Crippen LogP contribution is -2.27. The Morgan fingerprint density at radius 2 is 1.92 bits per heavy atom. The Hall–Kier alpha value is -2.89. The van der Waals surface area contributed by atoms with Crippen molar-refractivity contribution in [2.75, 3.05) is 14.2 Å². The van der Waals surface area contributed by atoms with Crippen LogP contribution in [0.2, 0.25) is 0 Å². The first-order valence-electron chi connectivity index (χ1n) is 7.46. The molecular weight excluding hydrogens is 308 g/mol. The van der Waals surface area contributed by atoms with Crippen LogP contribution in [0.5, 0.6) is 5.75 Å². The Bertz CT molecular complexity index is 741. The molecule has 1 aromatic carbocycles. The fourth-order valence-electron chi connectivity index (χ4n) is 2.31. The van der Waals surface area contributed by atoms with Gasteiger partial charge in [-0.1, -0.05) is 17.7 Å². The second-order valence-corrected chi connectivity index (χ2v) is 5.36. The summed E-state index contributed by atoms with van der Waals surface area (Å²) in [6.45, 7) is 3.85. The van der Waals surface area contributed by atoms with E-state index in [1.807, 2.05) is 32.0 Å². The molecule has 6 heteroatoms. The molecule has 1 atom stereocenters.